The van der Waals surface area contributed by atoms with Crippen molar-refractivity contribution in [2.45, 2.75) is 64.7 Å². The number of para-hydroxylation sites is 1. The smallest absolute Gasteiger partial charge is 0.113 e. The van der Waals surface area contributed by atoms with Gasteiger partial charge in [0.25, 0.3) is 0 Å². The van der Waals surface area contributed by atoms with E-state index in [-0.39, 0.29) is 0 Å². The lowest BCUT2D eigenvalue weighted by atomic mass is 10.1. The van der Waals surface area contributed by atoms with Crippen molar-refractivity contribution in [2.75, 3.05) is 13.1 Å². The molecule has 0 saturated carbocycles. The first-order chi connectivity index (χ1) is 11.9. The SMILES string of the molecule is CCCCCCC/C(=C/n1nnc2ccccc21)N1CCCCC1. The minimum atomic E-state index is 0.967. The number of benzene rings is 1. The van der Waals surface area contributed by atoms with E-state index in [1.807, 2.05) is 16.8 Å². The molecule has 0 atom stereocenters. The van der Waals surface area contributed by atoms with Gasteiger partial charge in [-0.3, -0.25) is 0 Å². The number of hydrogen-bond donors (Lipinski definition) is 0. The van der Waals surface area contributed by atoms with Gasteiger partial charge in [0.1, 0.15) is 5.52 Å². The van der Waals surface area contributed by atoms with E-state index in [9.17, 15) is 0 Å². The molecule has 0 N–H and O–H groups in total. The summed E-state index contributed by atoms with van der Waals surface area (Å²) in [5.74, 6) is 0. The highest BCUT2D eigenvalue weighted by Gasteiger charge is 2.14. The predicted octanol–water partition coefficient (Wildman–Crippen LogP) is 5.08. The van der Waals surface area contributed by atoms with E-state index in [2.05, 4.69) is 40.5 Å². The Morgan fingerprint density at radius 2 is 1.83 bits per heavy atom. The maximum Gasteiger partial charge on any atom is 0.113 e. The first-order valence-electron chi connectivity index (χ1n) is 9.64. The average molecular weight is 326 g/mol. The van der Waals surface area contributed by atoms with Gasteiger partial charge < -0.3 is 4.90 Å². The van der Waals surface area contributed by atoms with Crippen molar-refractivity contribution in [2.24, 2.45) is 0 Å². The molecule has 0 bridgehead atoms. The van der Waals surface area contributed by atoms with E-state index < -0.39 is 0 Å². The van der Waals surface area contributed by atoms with E-state index in [1.165, 1.54) is 70.2 Å². The second-order valence-electron chi connectivity index (χ2n) is 6.86. The number of allylic oxidation sites excluding steroid dienone is 1. The second kappa shape index (κ2) is 8.86. The number of aromatic nitrogens is 3. The van der Waals surface area contributed by atoms with Crippen LogP contribution in [0.4, 0.5) is 0 Å². The van der Waals surface area contributed by atoms with Crippen LogP contribution in [0.15, 0.2) is 30.0 Å². The summed E-state index contributed by atoms with van der Waals surface area (Å²) in [6.45, 7) is 4.65. The molecule has 1 aromatic heterocycles. The minimum absolute atomic E-state index is 0.967. The zero-order valence-electron chi connectivity index (χ0n) is 15.0. The van der Waals surface area contributed by atoms with E-state index in [4.69, 9.17) is 0 Å². The number of rotatable bonds is 8. The van der Waals surface area contributed by atoms with E-state index in [1.54, 1.807) is 0 Å². The molecule has 4 heteroatoms. The van der Waals surface area contributed by atoms with Crippen LogP contribution in [0.5, 0.6) is 0 Å². The fraction of sp³-hybridized carbons (Fsp3) is 0.600. The van der Waals surface area contributed by atoms with Crippen LogP contribution in [0.1, 0.15) is 64.7 Å². The summed E-state index contributed by atoms with van der Waals surface area (Å²) in [4.78, 5) is 2.57. The van der Waals surface area contributed by atoms with Crippen LogP contribution < -0.4 is 0 Å². The zero-order valence-corrected chi connectivity index (χ0v) is 15.0. The summed E-state index contributed by atoms with van der Waals surface area (Å²) in [6, 6.07) is 8.20. The summed E-state index contributed by atoms with van der Waals surface area (Å²) < 4.78 is 1.96. The van der Waals surface area contributed by atoms with Crippen LogP contribution in [0.3, 0.4) is 0 Å². The molecule has 24 heavy (non-hydrogen) atoms. The van der Waals surface area contributed by atoms with E-state index in [0.29, 0.717) is 0 Å². The Morgan fingerprint density at radius 1 is 1.04 bits per heavy atom. The van der Waals surface area contributed by atoms with Gasteiger partial charge in [-0.05, 0) is 44.2 Å². The molecular formula is C20H30N4. The van der Waals surface area contributed by atoms with Gasteiger partial charge in [-0.15, -0.1) is 5.10 Å². The fourth-order valence-electron chi connectivity index (χ4n) is 3.52. The highest BCUT2D eigenvalue weighted by atomic mass is 15.4. The van der Waals surface area contributed by atoms with Crippen molar-refractivity contribution in [1.29, 1.82) is 0 Å². The molecule has 130 valence electrons. The van der Waals surface area contributed by atoms with Crippen LogP contribution in [-0.2, 0) is 0 Å². The van der Waals surface area contributed by atoms with Crippen LogP contribution >= 0.6 is 0 Å². The Morgan fingerprint density at radius 3 is 2.67 bits per heavy atom. The highest BCUT2D eigenvalue weighted by Crippen LogP contribution is 2.22. The Bertz CT molecular complexity index is 652. The molecular weight excluding hydrogens is 296 g/mol. The molecule has 0 amide bonds. The third-order valence-electron chi connectivity index (χ3n) is 4.95. The summed E-state index contributed by atoms with van der Waals surface area (Å²) in [5.41, 5.74) is 3.49. The summed E-state index contributed by atoms with van der Waals surface area (Å²) in [6.07, 6.45) is 14.0. The molecule has 1 fully saturated rings. The van der Waals surface area contributed by atoms with Crippen molar-refractivity contribution in [3.05, 3.63) is 30.0 Å². The Balaban J connectivity index is 1.74. The van der Waals surface area contributed by atoms with E-state index in [0.717, 1.165) is 17.5 Å². The Hall–Kier alpha value is -1.84. The lowest BCUT2D eigenvalue weighted by molar-refractivity contribution is 0.276. The highest BCUT2D eigenvalue weighted by molar-refractivity contribution is 5.75. The van der Waals surface area contributed by atoms with Gasteiger partial charge in [-0.2, -0.15) is 0 Å². The van der Waals surface area contributed by atoms with Crippen molar-refractivity contribution in [3.8, 4) is 0 Å². The summed E-state index contributed by atoms with van der Waals surface area (Å²) in [7, 11) is 0. The van der Waals surface area contributed by atoms with Crippen LogP contribution in [0, 0.1) is 0 Å². The maximum atomic E-state index is 4.35. The number of hydrogen-bond acceptors (Lipinski definition) is 3. The number of likely N-dealkylation sites (tertiary alicyclic amines) is 1. The Kier molecular flexibility index (Phi) is 6.27. The second-order valence-corrected chi connectivity index (χ2v) is 6.86. The van der Waals surface area contributed by atoms with Crippen molar-refractivity contribution >= 4 is 17.2 Å². The molecule has 1 aromatic carbocycles. The summed E-state index contributed by atoms with van der Waals surface area (Å²) >= 11 is 0. The normalized spacial score (nSPS) is 16.0. The topological polar surface area (TPSA) is 34.0 Å². The lowest BCUT2D eigenvalue weighted by Gasteiger charge is -2.31. The number of piperidine rings is 1. The quantitative estimate of drug-likeness (QED) is 0.635. The first-order valence-corrected chi connectivity index (χ1v) is 9.64. The molecule has 1 aliphatic heterocycles. The molecule has 0 aliphatic carbocycles. The van der Waals surface area contributed by atoms with Gasteiger partial charge in [0.2, 0.25) is 0 Å². The van der Waals surface area contributed by atoms with Gasteiger partial charge in [0.05, 0.1) is 11.7 Å². The van der Waals surface area contributed by atoms with Gasteiger partial charge in [0.15, 0.2) is 0 Å². The van der Waals surface area contributed by atoms with Crippen LogP contribution in [-0.4, -0.2) is 33.0 Å². The van der Waals surface area contributed by atoms with Gasteiger partial charge >= 0.3 is 0 Å². The number of unbranched alkanes of at least 4 members (excludes halogenated alkanes) is 4. The van der Waals surface area contributed by atoms with Crippen molar-refractivity contribution < 1.29 is 0 Å². The minimum Gasteiger partial charge on any atom is -0.374 e. The monoisotopic (exact) mass is 326 g/mol. The fourth-order valence-corrected chi connectivity index (χ4v) is 3.52. The zero-order chi connectivity index (χ0) is 16.6. The van der Waals surface area contributed by atoms with Crippen LogP contribution in [0.25, 0.3) is 17.2 Å². The first kappa shape index (κ1) is 17.0. The summed E-state index contributed by atoms with van der Waals surface area (Å²) in [5, 5.41) is 8.64. The molecule has 1 saturated heterocycles. The molecule has 0 spiro atoms. The third-order valence-corrected chi connectivity index (χ3v) is 4.95. The molecule has 4 nitrogen and oxygen atoms in total. The molecule has 2 aromatic rings. The predicted molar refractivity (Wildman–Crippen MR) is 101 cm³/mol. The van der Waals surface area contributed by atoms with Gasteiger partial charge in [0, 0.05) is 18.8 Å². The maximum absolute atomic E-state index is 4.35. The average Bonchev–Trinajstić information content (AvgIpc) is 3.04. The van der Waals surface area contributed by atoms with Crippen LogP contribution in [0.2, 0.25) is 0 Å². The molecule has 1 aliphatic rings. The van der Waals surface area contributed by atoms with Gasteiger partial charge in [-0.1, -0.05) is 50.0 Å². The van der Waals surface area contributed by atoms with E-state index >= 15 is 0 Å². The largest absolute Gasteiger partial charge is 0.374 e. The lowest BCUT2D eigenvalue weighted by Crippen LogP contribution is -2.29. The molecule has 3 rings (SSSR count). The Labute approximate surface area is 145 Å². The number of nitrogens with zero attached hydrogens (tertiary/aromatic N) is 4. The molecule has 0 radical (unpaired) electrons. The molecule has 0 unspecified atom stereocenters. The van der Waals surface area contributed by atoms with Crippen molar-refractivity contribution in [3.63, 3.8) is 0 Å². The number of fused-ring (bicyclic) bond motifs is 1. The third kappa shape index (κ3) is 4.37. The van der Waals surface area contributed by atoms with Crippen molar-refractivity contribution in [1.82, 2.24) is 19.9 Å². The van der Waals surface area contributed by atoms with Gasteiger partial charge in [-0.25, -0.2) is 4.68 Å². The molecule has 2 heterocycles. The standard InChI is InChI=1S/C20H30N4/c1-2-3-4-5-7-12-18(23-15-10-6-11-16-23)17-24-20-14-9-8-13-19(20)21-22-24/h8-9,13-14,17H,2-7,10-12,15-16H2,1H3/b18-17-.